The Morgan fingerprint density at radius 3 is 2.89 bits per heavy atom. The minimum absolute atomic E-state index is 0.472. The summed E-state index contributed by atoms with van der Waals surface area (Å²) in [6, 6.07) is 12.2. The van der Waals surface area contributed by atoms with E-state index >= 15 is 0 Å². The van der Waals surface area contributed by atoms with Crippen LogP contribution in [-0.4, -0.2) is 5.96 Å². The molecule has 3 nitrogen and oxygen atoms in total. The van der Waals surface area contributed by atoms with Gasteiger partial charge in [-0.25, -0.2) is 4.99 Å². The maximum absolute atomic E-state index is 5.89. The first-order valence-corrected chi connectivity index (χ1v) is 7.35. The summed E-state index contributed by atoms with van der Waals surface area (Å²) < 4.78 is 0. The van der Waals surface area contributed by atoms with Crippen LogP contribution in [0.25, 0.3) is 0 Å². The highest BCUT2D eigenvalue weighted by molar-refractivity contribution is 7.12. The van der Waals surface area contributed by atoms with E-state index in [0.29, 0.717) is 12.5 Å². The molecule has 0 saturated heterocycles. The van der Waals surface area contributed by atoms with Crippen LogP contribution in [0.15, 0.2) is 41.4 Å². The Labute approximate surface area is 117 Å². The highest BCUT2D eigenvalue weighted by Crippen LogP contribution is 2.30. The number of guanidine groups is 1. The zero-order valence-electron chi connectivity index (χ0n) is 10.7. The van der Waals surface area contributed by atoms with Crippen LogP contribution in [0.5, 0.6) is 0 Å². The fourth-order valence-electron chi connectivity index (χ4n) is 2.34. The molecule has 0 aliphatic heterocycles. The molecular weight excluding hydrogens is 254 g/mol. The lowest BCUT2D eigenvalue weighted by Crippen LogP contribution is -2.22. The average molecular weight is 271 g/mol. The predicted molar refractivity (Wildman–Crippen MR) is 81.7 cm³/mol. The molecule has 1 heterocycles. The van der Waals surface area contributed by atoms with Crippen LogP contribution in [0.3, 0.4) is 0 Å². The standard InChI is InChI=1S/C15H17N3S/c16-15(18-12-6-2-1-3-7-12)17-10-13-9-11-5-4-8-14(11)19-13/h1-3,6-7,9H,4-5,8,10H2,(H3,16,17,18). The number of para-hydroxylation sites is 1. The summed E-state index contributed by atoms with van der Waals surface area (Å²) in [5.41, 5.74) is 8.38. The fraction of sp³-hybridized carbons (Fsp3) is 0.267. The van der Waals surface area contributed by atoms with E-state index < -0.39 is 0 Å². The Morgan fingerprint density at radius 1 is 1.26 bits per heavy atom. The molecule has 1 aliphatic carbocycles. The number of rotatable bonds is 3. The van der Waals surface area contributed by atoms with Gasteiger partial charge in [-0.2, -0.15) is 0 Å². The average Bonchev–Trinajstić information content (AvgIpc) is 2.98. The maximum Gasteiger partial charge on any atom is 0.193 e. The number of thiophene rings is 1. The second-order valence-corrected chi connectivity index (χ2v) is 5.93. The van der Waals surface area contributed by atoms with Gasteiger partial charge in [-0.1, -0.05) is 18.2 Å². The normalized spacial score (nSPS) is 14.4. The molecule has 0 unspecified atom stereocenters. The van der Waals surface area contributed by atoms with Crippen LogP contribution < -0.4 is 11.1 Å². The van der Waals surface area contributed by atoms with E-state index in [0.717, 1.165) is 5.69 Å². The van der Waals surface area contributed by atoms with Gasteiger partial charge < -0.3 is 11.1 Å². The van der Waals surface area contributed by atoms with Gasteiger partial charge in [0.1, 0.15) is 0 Å². The lowest BCUT2D eigenvalue weighted by Gasteiger charge is -2.04. The van der Waals surface area contributed by atoms with E-state index in [-0.39, 0.29) is 0 Å². The van der Waals surface area contributed by atoms with Crippen molar-refractivity contribution in [2.75, 3.05) is 5.32 Å². The summed E-state index contributed by atoms with van der Waals surface area (Å²) in [6.45, 7) is 0.670. The Bertz CT molecular complexity index is 565. The predicted octanol–water partition coefficient (Wildman–Crippen LogP) is 3.16. The third-order valence-electron chi connectivity index (χ3n) is 3.25. The molecule has 0 radical (unpaired) electrons. The van der Waals surface area contributed by atoms with Crippen molar-refractivity contribution in [3.8, 4) is 0 Å². The Hall–Kier alpha value is -1.81. The molecule has 1 aliphatic rings. The number of nitrogens with one attached hydrogen (secondary N) is 1. The number of nitrogens with two attached hydrogens (primary N) is 1. The quantitative estimate of drug-likeness (QED) is 0.665. The summed E-state index contributed by atoms with van der Waals surface area (Å²) in [7, 11) is 0. The summed E-state index contributed by atoms with van der Waals surface area (Å²) in [5.74, 6) is 0.472. The van der Waals surface area contributed by atoms with Gasteiger partial charge in [0.15, 0.2) is 5.96 Å². The van der Waals surface area contributed by atoms with Crippen LogP contribution in [0.2, 0.25) is 0 Å². The molecule has 2 aromatic rings. The highest BCUT2D eigenvalue weighted by atomic mass is 32.1. The van der Waals surface area contributed by atoms with Crippen molar-refractivity contribution in [2.45, 2.75) is 25.8 Å². The number of benzene rings is 1. The number of anilines is 1. The minimum atomic E-state index is 0.472. The minimum Gasteiger partial charge on any atom is -0.370 e. The van der Waals surface area contributed by atoms with E-state index in [4.69, 9.17) is 5.73 Å². The van der Waals surface area contributed by atoms with E-state index in [1.54, 1.807) is 4.88 Å². The van der Waals surface area contributed by atoms with E-state index in [2.05, 4.69) is 16.4 Å². The Morgan fingerprint density at radius 2 is 2.11 bits per heavy atom. The molecule has 0 spiro atoms. The van der Waals surface area contributed by atoms with Gasteiger partial charge in [-0.3, -0.25) is 0 Å². The van der Waals surface area contributed by atoms with Crippen LogP contribution in [0.1, 0.15) is 21.7 Å². The van der Waals surface area contributed by atoms with Crippen molar-refractivity contribution in [1.82, 2.24) is 0 Å². The smallest absolute Gasteiger partial charge is 0.193 e. The molecule has 4 heteroatoms. The van der Waals surface area contributed by atoms with Gasteiger partial charge in [-0.15, -0.1) is 11.3 Å². The summed E-state index contributed by atoms with van der Waals surface area (Å²) >= 11 is 1.88. The molecule has 98 valence electrons. The third kappa shape index (κ3) is 2.96. The molecule has 1 aromatic carbocycles. The molecule has 0 amide bonds. The van der Waals surface area contributed by atoms with Crippen molar-refractivity contribution in [3.63, 3.8) is 0 Å². The highest BCUT2D eigenvalue weighted by Gasteiger charge is 2.14. The SMILES string of the molecule is NC(=NCc1cc2c(s1)CCC2)Nc1ccccc1. The lowest BCUT2D eigenvalue weighted by atomic mass is 10.2. The fourth-order valence-corrected chi connectivity index (χ4v) is 3.53. The van der Waals surface area contributed by atoms with E-state index in [9.17, 15) is 0 Å². The van der Waals surface area contributed by atoms with Crippen molar-refractivity contribution in [3.05, 3.63) is 51.7 Å². The van der Waals surface area contributed by atoms with Crippen LogP contribution in [0.4, 0.5) is 5.69 Å². The largest absolute Gasteiger partial charge is 0.370 e. The first-order valence-electron chi connectivity index (χ1n) is 6.54. The molecular formula is C15H17N3S. The molecule has 1 aromatic heterocycles. The van der Waals surface area contributed by atoms with Crippen molar-refractivity contribution in [1.29, 1.82) is 0 Å². The van der Waals surface area contributed by atoms with E-state index in [1.165, 1.54) is 29.7 Å². The molecule has 0 saturated carbocycles. The zero-order valence-corrected chi connectivity index (χ0v) is 11.5. The number of nitrogens with zero attached hydrogens (tertiary/aromatic N) is 1. The van der Waals surface area contributed by atoms with Crippen LogP contribution in [0, 0.1) is 0 Å². The number of aliphatic imine (C=N–C) groups is 1. The summed E-state index contributed by atoms with van der Waals surface area (Å²) in [5, 5.41) is 3.09. The Balaban J connectivity index is 1.62. The molecule has 0 atom stereocenters. The van der Waals surface area contributed by atoms with E-state index in [1.807, 2.05) is 41.7 Å². The van der Waals surface area contributed by atoms with Gasteiger partial charge in [0.25, 0.3) is 0 Å². The number of hydrogen-bond donors (Lipinski definition) is 2. The van der Waals surface area contributed by atoms with Gasteiger partial charge >= 0.3 is 0 Å². The molecule has 0 fully saturated rings. The van der Waals surface area contributed by atoms with Crippen LogP contribution >= 0.6 is 11.3 Å². The van der Waals surface area contributed by atoms with Crippen molar-refractivity contribution >= 4 is 23.0 Å². The zero-order chi connectivity index (χ0) is 13.1. The number of hydrogen-bond acceptors (Lipinski definition) is 2. The number of aryl methyl sites for hydroxylation is 2. The van der Waals surface area contributed by atoms with Gasteiger partial charge in [0.2, 0.25) is 0 Å². The third-order valence-corrected chi connectivity index (χ3v) is 4.47. The topological polar surface area (TPSA) is 50.4 Å². The Kier molecular flexibility index (Phi) is 3.51. The van der Waals surface area contributed by atoms with Crippen molar-refractivity contribution in [2.24, 2.45) is 10.7 Å². The second kappa shape index (κ2) is 5.45. The summed E-state index contributed by atoms with van der Waals surface area (Å²) in [4.78, 5) is 7.25. The molecule has 3 rings (SSSR count). The monoisotopic (exact) mass is 271 g/mol. The van der Waals surface area contributed by atoms with Crippen LogP contribution in [-0.2, 0) is 19.4 Å². The van der Waals surface area contributed by atoms with Gasteiger partial charge in [0.05, 0.1) is 6.54 Å². The molecule has 3 N–H and O–H groups in total. The summed E-state index contributed by atoms with van der Waals surface area (Å²) in [6.07, 6.45) is 3.77. The first kappa shape index (κ1) is 12.2. The molecule has 0 bridgehead atoms. The molecule has 19 heavy (non-hydrogen) atoms. The van der Waals surface area contributed by atoms with Gasteiger partial charge in [0, 0.05) is 15.4 Å². The first-order chi connectivity index (χ1) is 9.31. The van der Waals surface area contributed by atoms with Gasteiger partial charge in [-0.05, 0) is 43.0 Å². The lowest BCUT2D eigenvalue weighted by molar-refractivity contribution is 0.912. The van der Waals surface area contributed by atoms with Crippen molar-refractivity contribution < 1.29 is 0 Å². The second-order valence-electron chi connectivity index (χ2n) is 4.71. The number of fused-ring (bicyclic) bond motifs is 1. The maximum atomic E-state index is 5.89.